The minimum Gasteiger partial charge on any atom is -0.326 e. The molecule has 0 saturated carbocycles. The van der Waals surface area contributed by atoms with Gasteiger partial charge in [-0.25, -0.2) is 13.6 Å². The number of nitrogens with zero attached hydrogens (tertiary/aromatic N) is 1. The van der Waals surface area contributed by atoms with Crippen LogP contribution in [0.5, 0.6) is 0 Å². The van der Waals surface area contributed by atoms with Crippen LogP contribution in [0.15, 0.2) is 23.1 Å². The molecule has 1 aromatic carbocycles. The predicted molar refractivity (Wildman–Crippen MR) is 50.4 cm³/mol. The van der Waals surface area contributed by atoms with Crippen LogP contribution in [-0.4, -0.2) is 8.42 Å². The number of rotatable bonds is 2. The predicted octanol–water partition coefficient (Wildman–Crippen LogP) is -0.336. The molecule has 14 heavy (non-hydrogen) atoms. The zero-order chi connectivity index (χ0) is 10.8. The van der Waals surface area contributed by atoms with E-state index in [1.165, 1.54) is 12.1 Å². The second-order valence-electron chi connectivity index (χ2n) is 2.65. The lowest BCUT2D eigenvalue weighted by atomic mass is 10.1. The Labute approximate surface area is 82.0 Å². The van der Waals surface area contributed by atoms with Crippen LogP contribution in [0.1, 0.15) is 11.1 Å². The van der Waals surface area contributed by atoms with Gasteiger partial charge >= 0.3 is 0 Å². The highest BCUT2D eigenvalue weighted by molar-refractivity contribution is 7.89. The number of nitriles is 1. The van der Waals surface area contributed by atoms with E-state index in [1.54, 1.807) is 12.1 Å². The topological polar surface area (TPSA) is 110 Å². The molecule has 0 spiro atoms. The molecule has 0 bridgehead atoms. The van der Waals surface area contributed by atoms with Gasteiger partial charge in [-0.15, -0.1) is 0 Å². The molecule has 4 N–H and O–H groups in total. The van der Waals surface area contributed by atoms with Gasteiger partial charge in [-0.3, -0.25) is 0 Å². The summed E-state index contributed by atoms with van der Waals surface area (Å²) in [6, 6.07) is 6.24. The number of nitrogens with two attached hydrogens (primary N) is 2. The van der Waals surface area contributed by atoms with Crippen molar-refractivity contribution in [2.45, 2.75) is 11.4 Å². The van der Waals surface area contributed by atoms with Crippen LogP contribution in [0.3, 0.4) is 0 Å². The average Bonchev–Trinajstić information content (AvgIpc) is 2.15. The van der Waals surface area contributed by atoms with E-state index in [0.717, 1.165) is 0 Å². The van der Waals surface area contributed by atoms with Crippen LogP contribution in [-0.2, 0) is 16.6 Å². The lowest BCUT2D eigenvalue weighted by Crippen LogP contribution is -2.17. The molecule has 0 heterocycles. The molecule has 0 atom stereocenters. The number of primary sulfonamides is 1. The Bertz CT molecular complexity index is 488. The molecule has 0 amide bonds. The Hall–Kier alpha value is -1.42. The second-order valence-corrected chi connectivity index (χ2v) is 4.15. The molecule has 6 heteroatoms. The van der Waals surface area contributed by atoms with Crippen molar-refractivity contribution in [3.8, 4) is 6.07 Å². The van der Waals surface area contributed by atoms with Crippen LogP contribution < -0.4 is 10.9 Å². The van der Waals surface area contributed by atoms with Gasteiger partial charge in [0.25, 0.3) is 0 Å². The third-order valence-corrected chi connectivity index (χ3v) is 2.77. The molecular formula is C8H9N3O2S. The number of hydrogen-bond acceptors (Lipinski definition) is 4. The molecule has 0 aliphatic rings. The third-order valence-electron chi connectivity index (χ3n) is 1.72. The van der Waals surface area contributed by atoms with Crippen LogP contribution in [0.4, 0.5) is 0 Å². The fourth-order valence-corrected chi connectivity index (χ4v) is 2.11. The fraction of sp³-hybridized carbons (Fsp3) is 0.125. The normalized spacial score (nSPS) is 10.9. The van der Waals surface area contributed by atoms with Gasteiger partial charge in [0.05, 0.1) is 5.56 Å². The summed E-state index contributed by atoms with van der Waals surface area (Å²) in [5.41, 5.74) is 5.72. The molecule has 0 aromatic heterocycles. The van der Waals surface area contributed by atoms with Gasteiger partial charge in [-0.05, 0) is 11.6 Å². The first kappa shape index (κ1) is 10.7. The van der Waals surface area contributed by atoms with Gasteiger partial charge in [0, 0.05) is 6.54 Å². The van der Waals surface area contributed by atoms with Gasteiger partial charge in [0.1, 0.15) is 11.0 Å². The third kappa shape index (κ3) is 1.90. The summed E-state index contributed by atoms with van der Waals surface area (Å²) in [7, 11) is -3.89. The monoisotopic (exact) mass is 211 g/mol. The minimum atomic E-state index is -3.89. The van der Waals surface area contributed by atoms with E-state index < -0.39 is 10.0 Å². The number of hydrogen-bond donors (Lipinski definition) is 2. The minimum absolute atomic E-state index is 0.0236. The number of benzene rings is 1. The van der Waals surface area contributed by atoms with Gasteiger partial charge in [0.2, 0.25) is 10.0 Å². The molecule has 0 saturated heterocycles. The molecule has 1 aromatic rings. The smallest absolute Gasteiger partial charge is 0.239 e. The largest absolute Gasteiger partial charge is 0.326 e. The molecule has 0 aliphatic carbocycles. The standard InChI is InChI=1S/C8H9N3O2S/c9-4-6-2-1-3-7(5-10)8(6)14(11,12)13/h1-3H,4,9H2,(H2,11,12,13). The highest BCUT2D eigenvalue weighted by atomic mass is 32.2. The Kier molecular flexibility index (Phi) is 2.86. The zero-order valence-corrected chi connectivity index (χ0v) is 8.08. The molecule has 0 unspecified atom stereocenters. The molecule has 0 radical (unpaired) electrons. The van der Waals surface area contributed by atoms with Crippen molar-refractivity contribution in [2.24, 2.45) is 10.9 Å². The van der Waals surface area contributed by atoms with Crippen molar-refractivity contribution in [3.05, 3.63) is 29.3 Å². The van der Waals surface area contributed by atoms with E-state index in [9.17, 15) is 8.42 Å². The van der Waals surface area contributed by atoms with E-state index in [-0.39, 0.29) is 17.0 Å². The van der Waals surface area contributed by atoms with Gasteiger partial charge in [-0.1, -0.05) is 12.1 Å². The SMILES string of the molecule is N#Cc1cccc(CN)c1S(N)(=O)=O. The van der Waals surface area contributed by atoms with Crippen molar-refractivity contribution in [3.63, 3.8) is 0 Å². The molecular weight excluding hydrogens is 202 g/mol. The van der Waals surface area contributed by atoms with E-state index in [4.69, 9.17) is 16.1 Å². The van der Waals surface area contributed by atoms with Crippen molar-refractivity contribution >= 4 is 10.0 Å². The molecule has 1 rings (SSSR count). The van der Waals surface area contributed by atoms with Crippen molar-refractivity contribution in [2.75, 3.05) is 0 Å². The van der Waals surface area contributed by atoms with Crippen molar-refractivity contribution < 1.29 is 8.42 Å². The molecule has 0 fully saturated rings. The fourth-order valence-electron chi connectivity index (χ4n) is 1.17. The quantitative estimate of drug-likeness (QED) is 0.697. The van der Waals surface area contributed by atoms with Gasteiger partial charge in [-0.2, -0.15) is 5.26 Å². The van der Waals surface area contributed by atoms with E-state index >= 15 is 0 Å². The first-order chi connectivity index (χ1) is 6.50. The van der Waals surface area contributed by atoms with Crippen molar-refractivity contribution in [1.29, 1.82) is 5.26 Å². The Morgan fingerprint density at radius 3 is 2.50 bits per heavy atom. The average molecular weight is 211 g/mol. The summed E-state index contributed by atoms with van der Waals surface area (Å²) < 4.78 is 22.3. The zero-order valence-electron chi connectivity index (χ0n) is 7.27. The van der Waals surface area contributed by atoms with Gasteiger partial charge in [0.15, 0.2) is 0 Å². The summed E-state index contributed by atoms with van der Waals surface area (Å²) in [6.45, 7) is 0.0291. The maximum Gasteiger partial charge on any atom is 0.239 e. The molecule has 0 aliphatic heterocycles. The first-order valence-corrected chi connectivity index (χ1v) is 5.30. The summed E-state index contributed by atoms with van der Waals surface area (Å²) in [6.07, 6.45) is 0. The van der Waals surface area contributed by atoms with Crippen molar-refractivity contribution in [1.82, 2.24) is 0 Å². The van der Waals surface area contributed by atoms with E-state index in [2.05, 4.69) is 0 Å². The van der Waals surface area contributed by atoms with Crippen LogP contribution in [0.25, 0.3) is 0 Å². The Morgan fingerprint density at radius 2 is 2.07 bits per heavy atom. The molecule has 5 nitrogen and oxygen atoms in total. The van der Waals surface area contributed by atoms with E-state index in [1.807, 2.05) is 0 Å². The number of sulfonamides is 1. The maximum absolute atomic E-state index is 11.2. The first-order valence-electron chi connectivity index (χ1n) is 3.75. The summed E-state index contributed by atoms with van der Waals surface area (Å²) in [5, 5.41) is 13.7. The molecule has 74 valence electrons. The van der Waals surface area contributed by atoms with Gasteiger partial charge < -0.3 is 5.73 Å². The Morgan fingerprint density at radius 1 is 1.43 bits per heavy atom. The summed E-state index contributed by atoms with van der Waals surface area (Å²) >= 11 is 0. The van der Waals surface area contributed by atoms with Crippen LogP contribution in [0, 0.1) is 11.3 Å². The highest BCUT2D eigenvalue weighted by Gasteiger charge is 2.17. The lowest BCUT2D eigenvalue weighted by Gasteiger charge is -2.06. The maximum atomic E-state index is 11.2. The van der Waals surface area contributed by atoms with Crippen LogP contribution >= 0.6 is 0 Å². The lowest BCUT2D eigenvalue weighted by molar-refractivity contribution is 0.596. The Balaban J connectivity index is 3.61. The summed E-state index contributed by atoms with van der Waals surface area (Å²) in [5.74, 6) is 0. The van der Waals surface area contributed by atoms with E-state index in [0.29, 0.717) is 5.56 Å². The summed E-state index contributed by atoms with van der Waals surface area (Å²) in [4.78, 5) is -0.176. The van der Waals surface area contributed by atoms with Crippen LogP contribution in [0.2, 0.25) is 0 Å². The highest BCUT2D eigenvalue weighted by Crippen LogP contribution is 2.18. The second kappa shape index (κ2) is 3.75.